The van der Waals surface area contributed by atoms with Crippen molar-refractivity contribution in [1.29, 1.82) is 0 Å². The van der Waals surface area contributed by atoms with Gasteiger partial charge in [-0.3, -0.25) is 0 Å². The van der Waals surface area contributed by atoms with Crippen molar-refractivity contribution in [2.75, 3.05) is 6.54 Å². The van der Waals surface area contributed by atoms with Crippen LogP contribution in [-0.2, 0) is 0 Å². The highest BCUT2D eigenvalue weighted by Crippen LogP contribution is 2.36. The Bertz CT molecular complexity index is 156. The average Bonchev–Trinajstić information content (AvgIpc) is 2.09. The van der Waals surface area contributed by atoms with Gasteiger partial charge >= 0.3 is 0 Å². The van der Waals surface area contributed by atoms with Crippen LogP contribution in [0.15, 0.2) is 0 Å². The summed E-state index contributed by atoms with van der Waals surface area (Å²) in [6.45, 7) is 7.64. The third-order valence-electron chi connectivity index (χ3n) is 3.84. The van der Waals surface area contributed by atoms with Crippen molar-refractivity contribution in [3.8, 4) is 0 Å². The highest BCUT2D eigenvalue weighted by molar-refractivity contribution is 4.87. The van der Waals surface area contributed by atoms with Gasteiger partial charge in [0.2, 0.25) is 0 Å². The Kier molecular flexibility index (Phi) is 3.74. The van der Waals surface area contributed by atoms with Crippen molar-refractivity contribution >= 4 is 0 Å². The predicted molar refractivity (Wildman–Crippen MR) is 57.2 cm³/mol. The Labute approximate surface area is 82.1 Å². The first-order valence-corrected chi connectivity index (χ1v) is 5.51. The molecule has 4 atom stereocenters. The standard InChI is InChI=1S/C11H24N2/c1-7(2)9-4-10(6-12)8(3)11(13)5-9/h7-11H,4-6,12-13H2,1-3H3/t8-,9+,10+,11+/m1/s1. The van der Waals surface area contributed by atoms with E-state index >= 15 is 0 Å². The predicted octanol–water partition coefficient (Wildman–Crippen LogP) is 1.59. The first-order chi connectivity index (χ1) is 6.06. The van der Waals surface area contributed by atoms with Crippen LogP contribution < -0.4 is 11.5 Å². The van der Waals surface area contributed by atoms with Gasteiger partial charge in [0, 0.05) is 6.04 Å². The van der Waals surface area contributed by atoms with Gasteiger partial charge < -0.3 is 11.5 Å². The molecule has 13 heavy (non-hydrogen) atoms. The lowest BCUT2D eigenvalue weighted by molar-refractivity contribution is 0.139. The van der Waals surface area contributed by atoms with Crippen LogP contribution in [0.5, 0.6) is 0 Å². The monoisotopic (exact) mass is 184 g/mol. The van der Waals surface area contributed by atoms with Gasteiger partial charge in [0.1, 0.15) is 0 Å². The number of hydrogen-bond acceptors (Lipinski definition) is 2. The van der Waals surface area contributed by atoms with Crippen LogP contribution in [0.3, 0.4) is 0 Å². The Morgan fingerprint density at radius 3 is 2.38 bits per heavy atom. The van der Waals surface area contributed by atoms with Crippen LogP contribution in [0.4, 0.5) is 0 Å². The van der Waals surface area contributed by atoms with Crippen LogP contribution >= 0.6 is 0 Å². The SMILES string of the molecule is CC(C)[C@H]1C[C@@H](CN)[C@@H](C)[C@@H](N)C1. The minimum absolute atomic E-state index is 0.370. The molecule has 1 fully saturated rings. The lowest BCUT2D eigenvalue weighted by Gasteiger charge is -2.39. The molecule has 0 radical (unpaired) electrons. The number of rotatable bonds is 2. The minimum Gasteiger partial charge on any atom is -0.330 e. The van der Waals surface area contributed by atoms with Gasteiger partial charge in [-0.25, -0.2) is 0 Å². The third kappa shape index (κ3) is 2.44. The van der Waals surface area contributed by atoms with E-state index in [-0.39, 0.29) is 0 Å². The Balaban J connectivity index is 2.58. The molecule has 1 aliphatic carbocycles. The fourth-order valence-corrected chi connectivity index (χ4v) is 2.47. The fraction of sp³-hybridized carbons (Fsp3) is 1.00. The molecule has 0 spiro atoms. The van der Waals surface area contributed by atoms with Gasteiger partial charge in [-0.15, -0.1) is 0 Å². The highest BCUT2D eigenvalue weighted by atomic mass is 14.7. The molecule has 1 rings (SSSR count). The summed E-state index contributed by atoms with van der Waals surface area (Å²) in [5.74, 6) is 2.81. The zero-order valence-electron chi connectivity index (χ0n) is 9.16. The molecule has 1 saturated carbocycles. The van der Waals surface area contributed by atoms with E-state index in [0.29, 0.717) is 17.9 Å². The summed E-state index contributed by atoms with van der Waals surface area (Å²) in [7, 11) is 0. The van der Waals surface area contributed by atoms with Gasteiger partial charge in [0.15, 0.2) is 0 Å². The highest BCUT2D eigenvalue weighted by Gasteiger charge is 2.33. The van der Waals surface area contributed by atoms with E-state index in [1.165, 1.54) is 12.8 Å². The van der Waals surface area contributed by atoms with E-state index < -0.39 is 0 Å². The molecule has 0 unspecified atom stereocenters. The van der Waals surface area contributed by atoms with Gasteiger partial charge in [-0.1, -0.05) is 20.8 Å². The normalized spacial score (nSPS) is 41.1. The summed E-state index contributed by atoms with van der Waals surface area (Å²) < 4.78 is 0. The topological polar surface area (TPSA) is 52.0 Å². The molecule has 0 bridgehead atoms. The molecule has 4 N–H and O–H groups in total. The van der Waals surface area contributed by atoms with Gasteiger partial charge in [-0.2, -0.15) is 0 Å². The molecule has 1 aliphatic rings. The molecule has 0 aromatic rings. The molecule has 78 valence electrons. The summed E-state index contributed by atoms with van der Waals surface area (Å²) in [4.78, 5) is 0. The lowest BCUT2D eigenvalue weighted by Crippen LogP contribution is -2.44. The van der Waals surface area contributed by atoms with E-state index in [1.807, 2.05) is 0 Å². The smallest absolute Gasteiger partial charge is 0.00703 e. The second-order valence-electron chi connectivity index (χ2n) is 4.99. The summed E-state index contributed by atoms with van der Waals surface area (Å²) in [6.07, 6.45) is 2.47. The molecule has 0 aliphatic heterocycles. The van der Waals surface area contributed by atoms with E-state index in [2.05, 4.69) is 20.8 Å². The van der Waals surface area contributed by atoms with Crippen molar-refractivity contribution in [3.05, 3.63) is 0 Å². The maximum absolute atomic E-state index is 6.12. The molecule has 0 amide bonds. The van der Waals surface area contributed by atoms with E-state index in [4.69, 9.17) is 11.5 Å². The van der Waals surface area contributed by atoms with Crippen molar-refractivity contribution in [2.24, 2.45) is 35.1 Å². The molecular formula is C11H24N2. The van der Waals surface area contributed by atoms with E-state index in [0.717, 1.165) is 18.4 Å². The Morgan fingerprint density at radius 2 is 1.92 bits per heavy atom. The van der Waals surface area contributed by atoms with Crippen LogP contribution in [0.2, 0.25) is 0 Å². The van der Waals surface area contributed by atoms with Crippen LogP contribution in [0.1, 0.15) is 33.6 Å². The van der Waals surface area contributed by atoms with Crippen molar-refractivity contribution in [1.82, 2.24) is 0 Å². The van der Waals surface area contributed by atoms with Crippen LogP contribution in [0.25, 0.3) is 0 Å². The quantitative estimate of drug-likeness (QED) is 0.685. The first kappa shape index (κ1) is 11.0. The van der Waals surface area contributed by atoms with Crippen LogP contribution in [-0.4, -0.2) is 12.6 Å². The third-order valence-corrected chi connectivity index (χ3v) is 3.84. The molecular weight excluding hydrogens is 160 g/mol. The Hall–Kier alpha value is -0.0800. The summed E-state index contributed by atoms with van der Waals surface area (Å²) >= 11 is 0. The zero-order chi connectivity index (χ0) is 10.0. The zero-order valence-corrected chi connectivity index (χ0v) is 9.16. The molecule has 0 aromatic carbocycles. The fourth-order valence-electron chi connectivity index (χ4n) is 2.47. The largest absolute Gasteiger partial charge is 0.330 e. The molecule has 2 nitrogen and oxygen atoms in total. The second-order valence-corrected chi connectivity index (χ2v) is 4.99. The van der Waals surface area contributed by atoms with Crippen molar-refractivity contribution < 1.29 is 0 Å². The molecule has 0 heterocycles. The molecule has 2 heteroatoms. The minimum atomic E-state index is 0.370. The lowest BCUT2D eigenvalue weighted by atomic mass is 9.69. The number of nitrogens with two attached hydrogens (primary N) is 2. The first-order valence-electron chi connectivity index (χ1n) is 5.51. The van der Waals surface area contributed by atoms with Crippen LogP contribution in [0, 0.1) is 23.7 Å². The molecule has 0 saturated heterocycles. The van der Waals surface area contributed by atoms with Crippen molar-refractivity contribution in [3.63, 3.8) is 0 Å². The van der Waals surface area contributed by atoms with E-state index in [1.54, 1.807) is 0 Å². The molecule has 0 aromatic heterocycles. The van der Waals surface area contributed by atoms with Gasteiger partial charge in [0.25, 0.3) is 0 Å². The summed E-state index contributed by atoms with van der Waals surface area (Å²) in [5.41, 5.74) is 11.9. The van der Waals surface area contributed by atoms with Crippen molar-refractivity contribution in [2.45, 2.75) is 39.7 Å². The maximum Gasteiger partial charge on any atom is 0.00703 e. The van der Waals surface area contributed by atoms with Gasteiger partial charge in [-0.05, 0) is 43.1 Å². The summed E-state index contributed by atoms with van der Waals surface area (Å²) in [6, 6.07) is 0.370. The summed E-state index contributed by atoms with van der Waals surface area (Å²) in [5, 5.41) is 0. The average molecular weight is 184 g/mol. The second kappa shape index (κ2) is 4.43. The maximum atomic E-state index is 6.12. The van der Waals surface area contributed by atoms with E-state index in [9.17, 15) is 0 Å². The van der Waals surface area contributed by atoms with Gasteiger partial charge in [0.05, 0.1) is 0 Å². The Morgan fingerprint density at radius 1 is 1.31 bits per heavy atom. The number of hydrogen-bond donors (Lipinski definition) is 2.